The van der Waals surface area contributed by atoms with Crippen molar-refractivity contribution in [3.63, 3.8) is 0 Å². The summed E-state index contributed by atoms with van der Waals surface area (Å²) in [6, 6.07) is 0.864. The first-order valence-electron chi connectivity index (χ1n) is 6.39. The molecule has 2 saturated carbocycles. The van der Waals surface area contributed by atoms with Crippen molar-refractivity contribution in [2.24, 2.45) is 0 Å². The van der Waals surface area contributed by atoms with Crippen molar-refractivity contribution in [3.8, 4) is 0 Å². The van der Waals surface area contributed by atoms with Gasteiger partial charge in [0.15, 0.2) is 0 Å². The van der Waals surface area contributed by atoms with E-state index in [1.54, 1.807) is 0 Å². The van der Waals surface area contributed by atoms with Gasteiger partial charge in [0.25, 0.3) is 0 Å². The summed E-state index contributed by atoms with van der Waals surface area (Å²) in [5.74, 6) is 0. The van der Waals surface area contributed by atoms with Crippen LogP contribution in [0.25, 0.3) is 0 Å². The normalized spacial score (nSPS) is 30.6. The average Bonchev–Trinajstić information content (AvgIpc) is 2.88. The van der Waals surface area contributed by atoms with Crippen LogP contribution < -0.4 is 10.6 Å². The molecule has 0 saturated heterocycles. The highest BCUT2D eigenvalue weighted by Gasteiger charge is 2.28. The Bertz CT molecular complexity index is 241. The fourth-order valence-electron chi connectivity index (χ4n) is 2.84. The number of carbonyl (C=O) groups excluding carboxylic acids is 1. The third-order valence-corrected chi connectivity index (χ3v) is 4.93. The standard InChI is InChI=1S/C12H22N2OS/c1-16-11-8-4-7-10(11)14-12(15)13-9-5-2-3-6-9/h9-11H,2-8H2,1H3,(H2,13,14,15). The molecule has 4 heteroatoms. The molecular formula is C12H22N2OS. The first-order chi connectivity index (χ1) is 7.79. The van der Waals surface area contributed by atoms with Gasteiger partial charge in [0.05, 0.1) is 0 Å². The van der Waals surface area contributed by atoms with Gasteiger partial charge in [0, 0.05) is 17.3 Å². The van der Waals surface area contributed by atoms with Gasteiger partial charge in [-0.05, 0) is 31.9 Å². The van der Waals surface area contributed by atoms with Crippen LogP contribution in [-0.2, 0) is 0 Å². The van der Waals surface area contributed by atoms with Gasteiger partial charge in [-0.3, -0.25) is 0 Å². The van der Waals surface area contributed by atoms with Gasteiger partial charge in [-0.15, -0.1) is 0 Å². The van der Waals surface area contributed by atoms with Crippen LogP contribution in [0.5, 0.6) is 0 Å². The molecule has 0 aromatic carbocycles. The van der Waals surface area contributed by atoms with Gasteiger partial charge >= 0.3 is 6.03 Å². The molecule has 2 unspecified atom stereocenters. The van der Waals surface area contributed by atoms with Crippen LogP contribution in [0.1, 0.15) is 44.9 Å². The highest BCUT2D eigenvalue weighted by molar-refractivity contribution is 7.99. The van der Waals surface area contributed by atoms with E-state index in [2.05, 4.69) is 16.9 Å². The van der Waals surface area contributed by atoms with Gasteiger partial charge in [-0.2, -0.15) is 11.8 Å². The van der Waals surface area contributed by atoms with E-state index < -0.39 is 0 Å². The minimum atomic E-state index is 0.0536. The summed E-state index contributed by atoms with van der Waals surface area (Å²) in [6.07, 6.45) is 10.6. The lowest BCUT2D eigenvalue weighted by Crippen LogP contribution is -2.47. The highest BCUT2D eigenvalue weighted by atomic mass is 32.2. The van der Waals surface area contributed by atoms with Crippen LogP contribution in [0.3, 0.4) is 0 Å². The molecular weight excluding hydrogens is 220 g/mol. The molecule has 0 heterocycles. The fraction of sp³-hybridized carbons (Fsp3) is 0.917. The number of urea groups is 1. The van der Waals surface area contributed by atoms with E-state index >= 15 is 0 Å². The maximum Gasteiger partial charge on any atom is 0.315 e. The lowest BCUT2D eigenvalue weighted by Gasteiger charge is -2.21. The Labute approximate surface area is 102 Å². The monoisotopic (exact) mass is 242 g/mol. The predicted octanol–water partition coefficient (Wildman–Crippen LogP) is 2.51. The Morgan fingerprint density at radius 1 is 1.06 bits per heavy atom. The molecule has 2 atom stereocenters. The zero-order valence-electron chi connectivity index (χ0n) is 10.00. The van der Waals surface area contributed by atoms with Gasteiger partial charge in [-0.25, -0.2) is 4.79 Å². The summed E-state index contributed by atoms with van der Waals surface area (Å²) in [7, 11) is 0. The lowest BCUT2D eigenvalue weighted by molar-refractivity contribution is 0.233. The van der Waals surface area contributed by atoms with Crippen LogP contribution in [0.2, 0.25) is 0 Å². The number of amides is 2. The number of thioether (sulfide) groups is 1. The number of carbonyl (C=O) groups is 1. The Hall–Kier alpha value is -0.380. The fourth-order valence-corrected chi connectivity index (χ4v) is 3.77. The van der Waals surface area contributed by atoms with Gasteiger partial charge in [0.1, 0.15) is 0 Å². The van der Waals surface area contributed by atoms with Crippen molar-refractivity contribution in [2.45, 2.75) is 62.3 Å². The lowest BCUT2D eigenvalue weighted by atomic mass is 10.2. The molecule has 0 radical (unpaired) electrons. The molecule has 16 heavy (non-hydrogen) atoms. The quantitative estimate of drug-likeness (QED) is 0.798. The largest absolute Gasteiger partial charge is 0.335 e. The topological polar surface area (TPSA) is 41.1 Å². The second kappa shape index (κ2) is 5.80. The third-order valence-electron chi connectivity index (χ3n) is 3.76. The molecule has 2 rings (SSSR count). The second-order valence-corrected chi connectivity index (χ2v) is 5.99. The summed E-state index contributed by atoms with van der Waals surface area (Å²) in [6.45, 7) is 0. The minimum absolute atomic E-state index is 0.0536. The SMILES string of the molecule is CSC1CCCC1NC(=O)NC1CCCC1. The van der Waals surface area contributed by atoms with Crippen LogP contribution in [-0.4, -0.2) is 29.6 Å². The van der Waals surface area contributed by atoms with E-state index in [1.807, 2.05) is 11.8 Å². The van der Waals surface area contributed by atoms with Gasteiger partial charge < -0.3 is 10.6 Å². The molecule has 2 N–H and O–H groups in total. The van der Waals surface area contributed by atoms with E-state index in [9.17, 15) is 4.79 Å². The Balaban J connectivity index is 1.73. The summed E-state index contributed by atoms with van der Waals surface area (Å²) in [4.78, 5) is 11.8. The Morgan fingerprint density at radius 3 is 2.50 bits per heavy atom. The summed E-state index contributed by atoms with van der Waals surface area (Å²) in [5, 5.41) is 6.85. The second-order valence-electron chi connectivity index (χ2n) is 4.91. The number of rotatable bonds is 3. The van der Waals surface area contributed by atoms with Crippen LogP contribution in [0.15, 0.2) is 0 Å². The molecule has 92 valence electrons. The molecule has 2 fully saturated rings. The highest BCUT2D eigenvalue weighted by Crippen LogP contribution is 2.28. The third kappa shape index (κ3) is 3.06. The molecule has 0 aromatic rings. The molecule has 0 aromatic heterocycles. The van der Waals surface area contributed by atoms with Crippen molar-refractivity contribution < 1.29 is 4.79 Å². The van der Waals surface area contributed by atoms with E-state index in [4.69, 9.17) is 0 Å². The summed E-state index contributed by atoms with van der Waals surface area (Å²) < 4.78 is 0. The molecule has 0 spiro atoms. The molecule has 2 amide bonds. The maximum absolute atomic E-state index is 11.8. The predicted molar refractivity (Wildman–Crippen MR) is 68.9 cm³/mol. The van der Waals surface area contributed by atoms with E-state index in [0.29, 0.717) is 17.3 Å². The van der Waals surface area contributed by atoms with E-state index in [0.717, 1.165) is 19.3 Å². The maximum atomic E-state index is 11.8. The van der Waals surface area contributed by atoms with Gasteiger partial charge in [-0.1, -0.05) is 19.3 Å². The Kier molecular flexibility index (Phi) is 4.38. The van der Waals surface area contributed by atoms with Crippen molar-refractivity contribution >= 4 is 17.8 Å². The summed E-state index contributed by atoms with van der Waals surface area (Å²) >= 11 is 1.88. The van der Waals surface area contributed by atoms with Crippen LogP contribution >= 0.6 is 11.8 Å². The average molecular weight is 242 g/mol. The van der Waals surface area contributed by atoms with E-state index in [1.165, 1.54) is 25.7 Å². The van der Waals surface area contributed by atoms with Crippen LogP contribution in [0, 0.1) is 0 Å². The molecule has 3 nitrogen and oxygen atoms in total. The van der Waals surface area contributed by atoms with Crippen molar-refractivity contribution in [1.29, 1.82) is 0 Å². The smallest absolute Gasteiger partial charge is 0.315 e. The van der Waals surface area contributed by atoms with Crippen molar-refractivity contribution in [1.82, 2.24) is 10.6 Å². The van der Waals surface area contributed by atoms with Crippen molar-refractivity contribution in [3.05, 3.63) is 0 Å². The number of nitrogens with one attached hydrogen (secondary N) is 2. The zero-order valence-corrected chi connectivity index (χ0v) is 10.8. The number of hydrogen-bond acceptors (Lipinski definition) is 2. The number of hydrogen-bond donors (Lipinski definition) is 2. The molecule has 0 bridgehead atoms. The van der Waals surface area contributed by atoms with E-state index in [-0.39, 0.29) is 6.03 Å². The first-order valence-corrected chi connectivity index (χ1v) is 7.68. The summed E-state index contributed by atoms with van der Waals surface area (Å²) in [5.41, 5.74) is 0. The van der Waals surface area contributed by atoms with Crippen LogP contribution in [0.4, 0.5) is 4.79 Å². The molecule has 2 aliphatic carbocycles. The molecule has 0 aliphatic heterocycles. The molecule has 2 aliphatic rings. The zero-order chi connectivity index (χ0) is 11.4. The first kappa shape index (κ1) is 12.1. The minimum Gasteiger partial charge on any atom is -0.335 e. The van der Waals surface area contributed by atoms with Gasteiger partial charge in [0.2, 0.25) is 0 Å². The Morgan fingerprint density at radius 2 is 1.81 bits per heavy atom. The van der Waals surface area contributed by atoms with Crippen molar-refractivity contribution in [2.75, 3.05) is 6.26 Å².